The number of nitrogens with two attached hydrogens (primary N) is 1. The highest BCUT2D eigenvalue weighted by Gasteiger charge is 2.10. The Hall–Kier alpha value is -1.81. The molecule has 2 rings (SSSR count). The lowest BCUT2D eigenvalue weighted by Gasteiger charge is -2.11. The van der Waals surface area contributed by atoms with Crippen LogP contribution in [0.1, 0.15) is 25.3 Å². The summed E-state index contributed by atoms with van der Waals surface area (Å²) in [7, 11) is 0. The van der Waals surface area contributed by atoms with Gasteiger partial charge in [0.1, 0.15) is 0 Å². The number of fused-ring (bicyclic) bond motifs is 1. The fourth-order valence-electron chi connectivity index (χ4n) is 2.40. The molecule has 1 aromatic heterocycles. The number of benzene rings is 1. The standard InChI is InChI=1S/C16H23N3O/c1-2-12(10-17)9-16(20)18-8-7-13-11-19-15-6-4-3-5-14(13)15/h3-6,11-12,19H,2,7-10,17H2,1H3,(H,18,20). The zero-order valence-electron chi connectivity index (χ0n) is 12.0. The molecule has 4 nitrogen and oxygen atoms in total. The van der Waals surface area contributed by atoms with E-state index in [-0.39, 0.29) is 5.91 Å². The van der Waals surface area contributed by atoms with Gasteiger partial charge < -0.3 is 16.0 Å². The predicted octanol–water partition coefficient (Wildman–Crippen LogP) is 2.20. The van der Waals surface area contributed by atoms with E-state index in [2.05, 4.69) is 29.4 Å². The molecule has 0 saturated carbocycles. The summed E-state index contributed by atoms with van der Waals surface area (Å²) in [6.07, 6.45) is 4.34. The van der Waals surface area contributed by atoms with Gasteiger partial charge in [-0.3, -0.25) is 4.79 Å². The fraction of sp³-hybridized carbons (Fsp3) is 0.438. The molecule has 0 bridgehead atoms. The highest BCUT2D eigenvalue weighted by Crippen LogP contribution is 2.17. The highest BCUT2D eigenvalue weighted by molar-refractivity contribution is 5.83. The van der Waals surface area contributed by atoms with Crippen molar-refractivity contribution in [3.63, 3.8) is 0 Å². The van der Waals surface area contributed by atoms with Crippen LogP contribution < -0.4 is 11.1 Å². The van der Waals surface area contributed by atoms with Gasteiger partial charge in [0.05, 0.1) is 0 Å². The third kappa shape index (κ3) is 3.61. The van der Waals surface area contributed by atoms with Gasteiger partial charge in [-0.1, -0.05) is 31.5 Å². The smallest absolute Gasteiger partial charge is 0.220 e. The van der Waals surface area contributed by atoms with Crippen molar-refractivity contribution in [2.45, 2.75) is 26.2 Å². The molecular weight excluding hydrogens is 250 g/mol. The average molecular weight is 273 g/mol. The molecule has 1 atom stereocenters. The fourth-order valence-corrected chi connectivity index (χ4v) is 2.40. The predicted molar refractivity (Wildman–Crippen MR) is 82.5 cm³/mol. The normalized spacial score (nSPS) is 12.5. The Morgan fingerprint density at radius 1 is 1.40 bits per heavy atom. The summed E-state index contributed by atoms with van der Waals surface area (Å²) >= 11 is 0. The molecule has 0 radical (unpaired) electrons. The van der Waals surface area contributed by atoms with Crippen LogP contribution in [0.4, 0.5) is 0 Å². The Balaban J connectivity index is 1.82. The van der Waals surface area contributed by atoms with E-state index in [9.17, 15) is 4.79 Å². The van der Waals surface area contributed by atoms with Gasteiger partial charge in [0.15, 0.2) is 0 Å². The maximum Gasteiger partial charge on any atom is 0.220 e. The summed E-state index contributed by atoms with van der Waals surface area (Å²) < 4.78 is 0. The van der Waals surface area contributed by atoms with Crippen molar-refractivity contribution in [1.82, 2.24) is 10.3 Å². The quantitative estimate of drug-likeness (QED) is 0.723. The second-order valence-electron chi connectivity index (χ2n) is 5.17. The molecule has 20 heavy (non-hydrogen) atoms. The average Bonchev–Trinajstić information content (AvgIpc) is 2.88. The van der Waals surface area contributed by atoms with E-state index < -0.39 is 0 Å². The molecule has 0 fully saturated rings. The van der Waals surface area contributed by atoms with Gasteiger partial charge in [0.2, 0.25) is 5.91 Å². The molecule has 2 aromatic rings. The van der Waals surface area contributed by atoms with Gasteiger partial charge in [-0.05, 0) is 30.5 Å². The summed E-state index contributed by atoms with van der Waals surface area (Å²) in [6.45, 7) is 3.31. The molecule has 108 valence electrons. The Morgan fingerprint density at radius 3 is 2.95 bits per heavy atom. The number of para-hydroxylation sites is 1. The van der Waals surface area contributed by atoms with Crippen molar-refractivity contribution >= 4 is 16.8 Å². The van der Waals surface area contributed by atoms with Crippen molar-refractivity contribution in [2.24, 2.45) is 11.7 Å². The van der Waals surface area contributed by atoms with E-state index in [1.165, 1.54) is 10.9 Å². The third-order valence-electron chi connectivity index (χ3n) is 3.78. The second-order valence-corrected chi connectivity index (χ2v) is 5.17. The van der Waals surface area contributed by atoms with Gasteiger partial charge in [-0.15, -0.1) is 0 Å². The number of hydrogen-bond acceptors (Lipinski definition) is 2. The number of carbonyl (C=O) groups is 1. The number of H-pyrrole nitrogens is 1. The van der Waals surface area contributed by atoms with Crippen LogP contribution in [0.15, 0.2) is 30.5 Å². The number of amides is 1. The number of hydrogen-bond donors (Lipinski definition) is 3. The summed E-state index contributed by atoms with van der Waals surface area (Å²) in [6, 6.07) is 8.21. The largest absolute Gasteiger partial charge is 0.361 e. The van der Waals surface area contributed by atoms with Crippen LogP contribution in [0.3, 0.4) is 0 Å². The molecule has 0 spiro atoms. The third-order valence-corrected chi connectivity index (χ3v) is 3.78. The van der Waals surface area contributed by atoms with Crippen LogP contribution in [-0.2, 0) is 11.2 Å². The number of aromatic amines is 1. The zero-order valence-corrected chi connectivity index (χ0v) is 12.0. The van der Waals surface area contributed by atoms with Crippen molar-refractivity contribution in [2.75, 3.05) is 13.1 Å². The highest BCUT2D eigenvalue weighted by atomic mass is 16.1. The van der Waals surface area contributed by atoms with Crippen LogP contribution in [0.2, 0.25) is 0 Å². The van der Waals surface area contributed by atoms with Crippen LogP contribution in [0.25, 0.3) is 10.9 Å². The molecule has 1 amide bonds. The molecule has 1 aromatic carbocycles. The minimum Gasteiger partial charge on any atom is -0.361 e. The van der Waals surface area contributed by atoms with E-state index in [1.54, 1.807) is 0 Å². The van der Waals surface area contributed by atoms with Gasteiger partial charge in [-0.2, -0.15) is 0 Å². The van der Waals surface area contributed by atoms with Crippen LogP contribution in [-0.4, -0.2) is 24.0 Å². The van der Waals surface area contributed by atoms with Gasteiger partial charge >= 0.3 is 0 Å². The molecule has 1 heterocycles. The zero-order chi connectivity index (χ0) is 14.4. The monoisotopic (exact) mass is 273 g/mol. The van der Waals surface area contributed by atoms with Crippen LogP contribution >= 0.6 is 0 Å². The van der Waals surface area contributed by atoms with Crippen molar-refractivity contribution in [1.29, 1.82) is 0 Å². The number of carbonyl (C=O) groups excluding carboxylic acids is 1. The maximum atomic E-state index is 11.8. The first kappa shape index (κ1) is 14.6. The van der Waals surface area contributed by atoms with Crippen LogP contribution in [0.5, 0.6) is 0 Å². The van der Waals surface area contributed by atoms with Gasteiger partial charge in [-0.25, -0.2) is 0 Å². The minimum absolute atomic E-state index is 0.0992. The first-order valence-corrected chi connectivity index (χ1v) is 7.26. The lowest BCUT2D eigenvalue weighted by Crippen LogP contribution is -2.29. The van der Waals surface area contributed by atoms with Gasteiger partial charge in [0.25, 0.3) is 0 Å². The van der Waals surface area contributed by atoms with E-state index in [4.69, 9.17) is 5.73 Å². The SMILES string of the molecule is CCC(CN)CC(=O)NCCc1c[nH]c2ccccc12. The number of aromatic nitrogens is 1. The molecule has 4 N–H and O–H groups in total. The lowest BCUT2D eigenvalue weighted by molar-refractivity contribution is -0.121. The van der Waals surface area contributed by atoms with Crippen molar-refractivity contribution in [3.8, 4) is 0 Å². The molecule has 4 heteroatoms. The summed E-state index contributed by atoms with van der Waals surface area (Å²) in [5, 5.41) is 4.21. The Labute approximate surface area is 119 Å². The lowest BCUT2D eigenvalue weighted by atomic mass is 10.0. The first-order valence-electron chi connectivity index (χ1n) is 7.26. The molecule has 1 unspecified atom stereocenters. The minimum atomic E-state index is 0.0992. The first-order chi connectivity index (χ1) is 9.74. The second kappa shape index (κ2) is 7.10. The van der Waals surface area contributed by atoms with Gasteiger partial charge in [0, 0.05) is 30.1 Å². The number of rotatable bonds is 7. The molecule has 0 aliphatic rings. The van der Waals surface area contributed by atoms with E-state index in [0.717, 1.165) is 18.4 Å². The van der Waals surface area contributed by atoms with E-state index >= 15 is 0 Å². The Bertz CT molecular complexity index is 558. The Morgan fingerprint density at radius 2 is 2.20 bits per heavy atom. The number of nitrogens with one attached hydrogen (secondary N) is 2. The summed E-state index contributed by atoms with van der Waals surface area (Å²) in [4.78, 5) is 15.0. The molecule has 0 aliphatic heterocycles. The molecule has 0 aliphatic carbocycles. The topological polar surface area (TPSA) is 70.9 Å². The summed E-state index contributed by atoms with van der Waals surface area (Å²) in [5.41, 5.74) is 8.00. The van der Waals surface area contributed by atoms with Crippen LogP contribution in [0, 0.1) is 5.92 Å². The van der Waals surface area contributed by atoms with Crippen molar-refractivity contribution in [3.05, 3.63) is 36.0 Å². The van der Waals surface area contributed by atoms with Crippen molar-refractivity contribution < 1.29 is 4.79 Å². The summed E-state index contributed by atoms with van der Waals surface area (Å²) in [5.74, 6) is 0.394. The van der Waals surface area contributed by atoms with E-state index in [0.29, 0.717) is 25.4 Å². The molecular formula is C16H23N3O. The van der Waals surface area contributed by atoms with E-state index in [1.807, 2.05) is 18.3 Å². The Kier molecular flexibility index (Phi) is 5.18. The molecule has 0 saturated heterocycles. The maximum absolute atomic E-state index is 11.8.